The van der Waals surface area contributed by atoms with Gasteiger partial charge in [0.05, 0.1) is 11.6 Å². The number of hydrogen-bond donors (Lipinski definition) is 0. The van der Waals surface area contributed by atoms with E-state index in [1.807, 2.05) is 25.1 Å². The molecular weight excluding hydrogens is 158 g/mol. The molecule has 1 heteroatoms. The molecule has 0 heterocycles. The van der Waals surface area contributed by atoms with Crippen molar-refractivity contribution in [3.8, 4) is 6.07 Å². The molecule has 0 bridgehead atoms. The molecule has 0 aromatic heterocycles. The van der Waals surface area contributed by atoms with Crippen LogP contribution in [0.15, 0.2) is 30.9 Å². The Labute approximate surface area is 79.3 Å². The van der Waals surface area contributed by atoms with Crippen LogP contribution in [0.4, 0.5) is 0 Å². The van der Waals surface area contributed by atoms with Gasteiger partial charge in [-0.15, -0.1) is 6.58 Å². The Hall–Kier alpha value is -1.55. The highest BCUT2D eigenvalue weighted by Gasteiger charge is 2.05. The van der Waals surface area contributed by atoms with Crippen molar-refractivity contribution in [2.24, 2.45) is 0 Å². The molecule has 0 aliphatic rings. The summed E-state index contributed by atoms with van der Waals surface area (Å²) >= 11 is 0. The maximum Gasteiger partial charge on any atom is 0.0991 e. The number of aryl methyl sites for hydroxylation is 1. The third-order valence-electron chi connectivity index (χ3n) is 2.09. The molecule has 13 heavy (non-hydrogen) atoms. The molecule has 0 saturated heterocycles. The van der Waals surface area contributed by atoms with Crippen LogP contribution in [0.5, 0.6) is 0 Å². The lowest BCUT2D eigenvalue weighted by atomic mass is 9.95. The summed E-state index contributed by atoms with van der Waals surface area (Å²) in [7, 11) is 0. The molecule has 1 nitrogen and oxygen atoms in total. The molecule has 1 rings (SSSR count). The van der Waals surface area contributed by atoms with E-state index >= 15 is 0 Å². The van der Waals surface area contributed by atoms with Crippen LogP contribution >= 0.6 is 0 Å². The van der Waals surface area contributed by atoms with Gasteiger partial charge in [0.1, 0.15) is 0 Å². The Morgan fingerprint density at radius 2 is 2.23 bits per heavy atom. The maximum absolute atomic E-state index is 8.71. The molecule has 0 amide bonds. The van der Waals surface area contributed by atoms with Crippen LogP contribution in [-0.4, -0.2) is 0 Å². The van der Waals surface area contributed by atoms with E-state index in [1.54, 1.807) is 6.08 Å². The number of benzene rings is 1. The number of nitriles is 1. The smallest absolute Gasteiger partial charge is 0.0991 e. The lowest BCUT2D eigenvalue weighted by Gasteiger charge is -2.09. The van der Waals surface area contributed by atoms with Crippen LogP contribution in [-0.2, 0) is 0 Å². The fourth-order valence-corrected chi connectivity index (χ4v) is 1.24. The highest BCUT2D eigenvalue weighted by atomic mass is 14.2. The minimum absolute atomic E-state index is 0.0632. The predicted octanol–water partition coefficient (Wildman–Crippen LogP) is 2.97. The fourth-order valence-electron chi connectivity index (χ4n) is 1.24. The Morgan fingerprint density at radius 3 is 2.77 bits per heavy atom. The standard InChI is InChI=1S/C12H12N/c1-4-9(2)12-7-11(8-13)6-5-10(12)3/h4-7,9H,1-2H2,3H3. The number of rotatable bonds is 2. The van der Waals surface area contributed by atoms with Gasteiger partial charge < -0.3 is 0 Å². The monoisotopic (exact) mass is 170 g/mol. The first-order valence-corrected chi connectivity index (χ1v) is 4.15. The minimum atomic E-state index is 0.0632. The van der Waals surface area contributed by atoms with E-state index in [4.69, 9.17) is 5.26 Å². The second-order valence-corrected chi connectivity index (χ2v) is 3.03. The van der Waals surface area contributed by atoms with E-state index in [9.17, 15) is 0 Å². The number of allylic oxidation sites excluding steroid dienone is 1. The zero-order valence-electron chi connectivity index (χ0n) is 7.75. The molecule has 1 aromatic rings. The minimum Gasteiger partial charge on any atom is -0.192 e. The van der Waals surface area contributed by atoms with Crippen LogP contribution in [0.3, 0.4) is 0 Å². The van der Waals surface area contributed by atoms with E-state index in [-0.39, 0.29) is 5.92 Å². The van der Waals surface area contributed by atoms with Gasteiger partial charge in [-0.3, -0.25) is 0 Å². The van der Waals surface area contributed by atoms with Gasteiger partial charge in [0.15, 0.2) is 0 Å². The Bertz CT molecular complexity index is 358. The van der Waals surface area contributed by atoms with Crippen molar-refractivity contribution in [3.05, 3.63) is 54.5 Å². The van der Waals surface area contributed by atoms with Crippen molar-refractivity contribution in [2.45, 2.75) is 12.8 Å². The lowest BCUT2D eigenvalue weighted by molar-refractivity contribution is 1.06. The summed E-state index contributed by atoms with van der Waals surface area (Å²) in [5.41, 5.74) is 2.91. The average Bonchev–Trinajstić information content (AvgIpc) is 2.17. The highest BCUT2D eigenvalue weighted by Crippen LogP contribution is 2.20. The van der Waals surface area contributed by atoms with Crippen molar-refractivity contribution in [3.63, 3.8) is 0 Å². The largest absolute Gasteiger partial charge is 0.192 e. The van der Waals surface area contributed by atoms with Gasteiger partial charge in [0.2, 0.25) is 0 Å². The second kappa shape index (κ2) is 3.91. The maximum atomic E-state index is 8.71. The van der Waals surface area contributed by atoms with Gasteiger partial charge in [-0.1, -0.05) is 12.1 Å². The van der Waals surface area contributed by atoms with Gasteiger partial charge >= 0.3 is 0 Å². The number of nitrogens with zero attached hydrogens (tertiary/aromatic N) is 1. The zero-order chi connectivity index (χ0) is 9.84. The molecule has 0 aliphatic carbocycles. The molecular formula is C12H12N. The van der Waals surface area contributed by atoms with Crippen LogP contribution in [0.25, 0.3) is 0 Å². The summed E-state index contributed by atoms with van der Waals surface area (Å²) in [5, 5.41) is 8.71. The van der Waals surface area contributed by atoms with Crippen molar-refractivity contribution < 1.29 is 0 Å². The third-order valence-corrected chi connectivity index (χ3v) is 2.09. The van der Waals surface area contributed by atoms with Gasteiger partial charge in [0, 0.05) is 5.92 Å². The topological polar surface area (TPSA) is 23.8 Å². The van der Waals surface area contributed by atoms with Gasteiger partial charge in [-0.2, -0.15) is 5.26 Å². The van der Waals surface area contributed by atoms with Crippen molar-refractivity contribution >= 4 is 0 Å². The molecule has 0 saturated carbocycles. The van der Waals surface area contributed by atoms with E-state index in [0.717, 1.165) is 11.1 Å². The summed E-state index contributed by atoms with van der Waals surface area (Å²) in [5.74, 6) is 0.0632. The molecule has 0 fully saturated rings. The quantitative estimate of drug-likeness (QED) is 0.626. The molecule has 0 N–H and O–H groups in total. The van der Waals surface area contributed by atoms with Crippen molar-refractivity contribution in [1.82, 2.24) is 0 Å². The summed E-state index contributed by atoms with van der Waals surface area (Å²) in [6.07, 6.45) is 1.78. The van der Waals surface area contributed by atoms with Gasteiger partial charge in [-0.05, 0) is 37.1 Å². The first-order chi connectivity index (χ1) is 6.19. The van der Waals surface area contributed by atoms with Crippen LogP contribution < -0.4 is 0 Å². The van der Waals surface area contributed by atoms with E-state index in [2.05, 4.69) is 19.6 Å². The van der Waals surface area contributed by atoms with E-state index < -0.39 is 0 Å². The van der Waals surface area contributed by atoms with Gasteiger partial charge in [0.25, 0.3) is 0 Å². The van der Waals surface area contributed by atoms with Crippen LogP contribution in [0.1, 0.15) is 22.6 Å². The summed E-state index contributed by atoms with van der Waals surface area (Å²) in [6.45, 7) is 9.64. The second-order valence-electron chi connectivity index (χ2n) is 3.03. The van der Waals surface area contributed by atoms with Gasteiger partial charge in [-0.25, -0.2) is 0 Å². The SMILES string of the molecule is [CH2]C(C=C)c1cc(C#N)ccc1C. The van der Waals surface area contributed by atoms with E-state index in [0.29, 0.717) is 5.56 Å². The molecule has 0 aliphatic heterocycles. The van der Waals surface area contributed by atoms with Crippen LogP contribution in [0, 0.1) is 25.2 Å². The number of hydrogen-bond acceptors (Lipinski definition) is 1. The molecule has 1 atom stereocenters. The summed E-state index contributed by atoms with van der Waals surface area (Å²) in [6, 6.07) is 7.74. The lowest BCUT2D eigenvalue weighted by Crippen LogP contribution is -1.94. The Kier molecular flexibility index (Phi) is 2.87. The van der Waals surface area contributed by atoms with Crippen molar-refractivity contribution in [1.29, 1.82) is 5.26 Å². The molecule has 0 spiro atoms. The zero-order valence-corrected chi connectivity index (χ0v) is 7.75. The predicted molar refractivity (Wildman–Crippen MR) is 54.2 cm³/mol. The first-order valence-electron chi connectivity index (χ1n) is 4.15. The third kappa shape index (κ3) is 1.97. The average molecular weight is 170 g/mol. The molecule has 65 valence electrons. The van der Waals surface area contributed by atoms with Crippen molar-refractivity contribution in [2.75, 3.05) is 0 Å². The molecule has 1 radical (unpaired) electrons. The Morgan fingerprint density at radius 1 is 1.54 bits per heavy atom. The molecule has 1 aromatic carbocycles. The van der Waals surface area contributed by atoms with Crippen LogP contribution in [0.2, 0.25) is 0 Å². The summed E-state index contributed by atoms with van der Waals surface area (Å²) < 4.78 is 0. The van der Waals surface area contributed by atoms with E-state index in [1.165, 1.54) is 0 Å². The highest BCUT2D eigenvalue weighted by molar-refractivity contribution is 5.41. The first kappa shape index (κ1) is 9.54. The Balaban J connectivity index is 3.20. The fraction of sp³-hybridized carbons (Fsp3) is 0.167. The molecule has 1 unspecified atom stereocenters. The summed E-state index contributed by atoms with van der Waals surface area (Å²) in [4.78, 5) is 0. The normalized spacial score (nSPS) is 11.8.